The zero-order valence-electron chi connectivity index (χ0n) is 9.70. The molecule has 0 fully saturated rings. The number of likely N-dealkylation sites (N-methyl/N-ethyl adjacent to an activating group) is 1. The van der Waals surface area contributed by atoms with Gasteiger partial charge >= 0.3 is 0 Å². The highest BCUT2D eigenvalue weighted by molar-refractivity contribution is 7.99. The second kappa shape index (κ2) is 5.71. The first kappa shape index (κ1) is 12.0. The van der Waals surface area contributed by atoms with Gasteiger partial charge in [-0.15, -0.1) is 11.8 Å². The van der Waals surface area contributed by atoms with Crippen LogP contribution in [0.4, 0.5) is 0 Å². The maximum absolute atomic E-state index is 9.24. The standard InChI is InChI=1S/C13H19NOS/c1-2-14-12(9-15)7-10-3-4-11-5-6-16-13(11)8-10/h3-4,8,12,14-15H,2,5-7,9H2,1H3. The van der Waals surface area contributed by atoms with Crippen molar-refractivity contribution in [1.29, 1.82) is 0 Å². The van der Waals surface area contributed by atoms with Crippen LogP contribution in [0.2, 0.25) is 0 Å². The number of aliphatic hydroxyl groups is 1. The van der Waals surface area contributed by atoms with Gasteiger partial charge in [-0.2, -0.15) is 0 Å². The van der Waals surface area contributed by atoms with Crippen molar-refractivity contribution in [2.24, 2.45) is 0 Å². The van der Waals surface area contributed by atoms with Crippen molar-refractivity contribution in [2.45, 2.75) is 30.7 Å². The summed E-state index contributed by atoms with van der Waals surface area (Å²) in [4.78, 5) is 1.44. The lowest BCUT2D eigenvalue weighted by atomic mass is 10.0. The highest BCUT2D eigenvalue weighted by Crippen LogP contribution is 2.31. The normalized spacial score (nSPS) is 16.1. The van der Waals surface area contributed by atoms with Gasteiger partial charge in [0.05, 0.1) is 6.61 Å². The van der Waals surface area contributed by atoms with Crippen LogP contribution >= 0.6 is 11.8 Å². The maximum atomic E-state index is 9.24. The monoisotopic (exact) mass is 237 g/mol. The number of rotatable bonds is 5. The smallest absolute Gasteiger partial charge is 0.0587 e. The molecule has 0 saturated heterocycles. The minimum absolute atomic E-state index is 0.189. The van der Waals surface area contributed by atoms with E-state index in [4.69, 9.17) is 0 Å². The van der Waals surface area contributed by atoms with Gasteiger partial charge in [-0.1, -0.05) is 19.1 Å². The lowest BCUT2D eigenvalue weighted by Crippen LogP contribution is -2.34. The third kappa shape index (κ3) is 2.78. The first-order chi connectivity index (χ1) is 7.83. The summed E-state index contributed by atoms with van der Waals surface area (Å²) in [6.45, 7) is 3.18. The number of benzene rings is 1. The molecule has 2 N–H and O–H groups in total. The van der Waals surface area contributed by atoms with E-state index in [9.17, 15) is 5.11 Å². The minimum atomic E-state index is 0.189. The summed E-state index contributed by atoms with van der Waals surface area (Å²) in [6.07, 6.45) is 2.12. The van der Waals surface area contributed by atoms with E-state index in [0.29, 0.717) is 0 Å². The number of aryl methyl sites for hydroxylation is 1. The van der Waals surface area contributed by atoms with Crippen LogP contribution in [0.15, 0.2) is 23.1 Å². The van der Waals surface area contributed by atoms with Gasteiger partial charge in [0.1, 0.15) is 0 Å². The molecule has 1 atom stereocenters. The molecule has 2 rings (SSSR count). The van der Waals surface area contributed by atoms with Crippen molar-refractivity contribution in [3.8, 4) is 0 Å². The lowest BCUT2D eigenvalue weighted by Gasteiger charge is -2.15. The molecule has 1 aromatic rings. The van der Waals surface area contributed by atoms with Crippen molar-refractivity contribution >= 4 is 11.8 Å². The maximum Gasteiger partial charge on any atom is 0.0587 e. The Morgan fingerprint density at radius 1 is 1.50 bits per heavy atom. The summed E-state index contributed by atoms with van der Waals surface area (Å²) in [7, 11) is 0. The van der Waals surface area contributed by atoms with Gasteiger partial charge in [0.15, 0.2) is 0 Å². The van der Waals surface area contributed by atoms with Crippen molar-refractivity contribution in [3.05, 3.63) is 29.3 Å². The predicted octanol–water partition coefficient (Wildman–Crippen LogP) is 1.85. The Balaban J connectivity index is 2.04. The molecule has 3 heteroatoms. The molecule has 1 heterocycles. The fraction of sp³-hybridized carbons (Fsp3) is 0.538. The molecule has 0 spiro atoms. The Hall–Kier alpha value is -0.510. The number of hydrogen-bond acceptors (Lipinski definition) is 3. The molecule has 0 amide bonds. The van der Waals surface area contributed by atoms with Crippen LogP contribution in [0.1, 0.15) is 18.1 Å². The molecule has 1 unspecified atom stereocenters. The molecule has 88 valence electrons. The Morgan fingerprint density at radius 3 is 3.12 bits per heavy atom. The molecular formula is C13H19NOS. The highest BCUT2D eigenvalue weighted by Gasteiger charge is 2.13. The summed E-state index contributed by atoms with van der Waals surface area (Å²) in [5.41, 5.74) is 2.81. The third-order valence-electron chi connectivity index (χ3n) is 2.96. The van der Waals surface area contributed by atoms with Crippen LogP contribution in [0.3, 0.4) is 0 Å². The summed E-state index contributed by atoms with van der Waals surface area (Å²) >= 11 is 1.95. The van der Waals surface area contributed by atoms with Crippen LogP contribution in [0.5, 0.6) is 0 Å². The van der Waals surface area contributed by atoms with Gasteiger partial charge < -0.3 is 10.4 Å². The van der Waals surface area contributed by atoms with E-state index in [1.54, 1.807) is 0 Å². The predicted molar refractivity (Wildman–Crippen MR) is 69.1 cm³/mol. The Bertz CT molecular complexity index is 354. The molecule has 1 aliphatic rings. The van der Waals surface area contributed by atoms with Gasteiger partial charge in [-0.05, 0) is 36.6 Å². The van der Waals surface area contributed by atoms with E-state index in [0.717, 1.165) is 13.0 Å². The largest absolute Gasteiger partial charge is 0.395 e. The lowest BCUT2D eigenvalue weighted by molar-refractivity contribution is 0.243. The van der Waals surface area contributed by atoms with Crippen LogP contribution < -0.4 is 5.32 Å². The van der Waals surface area contributed by atoms with E-state index in [1.165, 1.54) is 28.2 Å². The Morgan fingerprint density at radius 2 is 2.38 bits per heavy atom. The van der Waals surface area contributed by atoms with Crippen LogP contribution in [-0.2, 0) is 12.8 Å². The van der Waals surface area contributed by atoms with Crippen molar-refractivity contribution in [1.82, 2.24) is 5.32 Å². The summed E-state index contributed by atoms with van der Waals surface area (Å²) in [5.74, 6) is 1.22. The molecule has 0 aromatic heterocycles. The van der Waals surface area contributed by atoms with Gasteiger partial charge in [-0.3, -0.25) is 0 Å². The first-order valence-electron chi connectivity index (χ1n) is 5.92. The van der Waals surface area contributed by atoms with Crippen molar-refractivity contribution in [2.75, 3.05) is 18.9 Å². The second-order valence-electron chi connectivity index (χ2n) is 4.18. The van der Waals surface area contributed by atoms with Gasteiger partial charge in [0.25, 0.3) is 0 Å². The average Bonchev–Trinajstić information content (AvgIpc) is 2.75. The molecule has 1 aliphatic heterocycles. The van der Waals surface area contributed by atoms with Gasteiger partial charge in [0, 0.05) is 16.7 Å². The number of fused-ring (bicyclic) bond motifs is 1. The first-order valence-corrected chi connectivity index (χ1v) is 6.91. The zero-order valence-corrected chi connectivity index (χ0v) is 10.5. The summed E-state index contributed by atoms with van der Waals surface area (Å²) < 4.78 is 0. The number of thioether (sulfide) groups is 1. The molecule has 1 aromatic carbocycles. The fourth-order valence-electron chi connectivity index (χ4n) is 2.11. The molecule has 0 saturated carbocycles. The fourth-order valence-corrected chi connectivity index (χ4v) is 3.24. The zero-order chi connectivity index (χ0) is 11.4. The van der Waals surface area contributed by atoms with Crippen molar-refractivity contribution < 1.29 is 5.11 Å². The number of aliphatic hydroxyl groups excluding tert-OH is 1. The van der Waals surface area contributed by atoms with Gasteiger partial charge in [-0.25, -0.2) is 0 Å². The van der Waals surface area contributed by atoms with E-state index in [2.05, 4.69) is 30.4 Å². The van der Waals surface area contributed by atoms with E-state index in [1.807, 2.05) is 11.8 Å². The Labute approximate surface area is 101 Å². The topological polar surface area (TPSA) is 32.3 Å². The van der Waals surface area contributed by atoms with E-state index >= 15 is 0 Å². The van der Waals surface area contributed by atoms with E-state index in [-0.39, 0.29) is 12.6 Å². The highest BCUT2D eigenvalue weighted by atomic mass is 32.2. The van der Waals surface area contributed by atoms with Crippen LogP contribution in [0, 0.1) is 0 Å². The van der Waals surface area contributed by atoms with Crippen LogP contribution in [-0.4, -0.2) is 30.1 Å². The quantitative estimate of drug-likeness (QED) is 0.820. The van der Waals surface area contributed by atoms with Crippen LogP contribution in [0.25, 0.3) is 0 Å². The molecule has 0 aliphatic carbocycles. The summed E-state index contributed by atoms with van der Waals surface area (Å²) in [6, 6.07) is 6.91. The molecule has 0 bridgehead atoms. The number of nitrogens with one attached hydrogen (secondary N) is 1. The molecule has 2 nitrogen and oxygen atoms in total. The van der Waals surface area contributed by atoms with Crippen molar-refractivity contribution in [3.63, 3.8) is 0 Å². The molecule has 16 heavy (non-hydrogen) atoms. The van der Waals surface area contributed by atoms with E-state index < -0.39 is 0 Å². The SMILES string of the molecule is CCNC(CO)Cc1ccc2c(c1)SCC2. The second-order valence-corrected chi connectivity index (χ2v) is 5.32. The third-order valence-corrected chi connectivity index (χ3v) is 4.06. The summed E-state index contributed by atoms with van der Waals surface area (Å²) in [5, 5.41) is 12.5. The average molecular weight is 237 g/mol. The number of hydrogen-bond donors (Lipinski definition) is 2. The molecule has 0 radical (unpaired) electrons. The van der Waals surface area contributed by atoms with Gasteiger partial charge in [0.2, 0.25) is 0 Å². The molecular weight excluding hydrogens is 218 g/mol. The minimum Gasteiger partial charge on any atom is -0.395 e. The Kier molecular flexibility index (Phi) is 4.27.